The van der Waals surface area contributed by atoms with E-state index >= 15 is 0 Å². The largest absolute Gasteiger partial charge is 0.468 e. The standard InChI is InChI=1S/C5H8NO2/c1-8-4(7)5(6)2-3-5/h6H,2-3H2,1H3. The topological polar surface area (TPSA) is 50.1 Å². The molecule has 0 bridgehead atoms. The Morgan fingerprint density at radius 3 is 2.38 bits per heavy atom. The fourth-order valence-corrected chi connectivity index (χ4v) is 0.524. The summed E-state index contributed by atoms with van der Waals surface area (Å²) >= 11 is 0. The second kappa shape index (κ2) is 1.45. The van der Waals surface area contributed by atoms with Crippen molar-refractivity contribution in [2.45, 2.75) is 18.4 Å². The predicted molar refractivity (Wildman–Crippen MR) is 27.1 cm³/mol. The third kappa shape index (κ3) is 0.690. The van der Waals surface area contributed by atoms with E-state index in [-0.39, 0.29) is 0 Å². The Hall–Kier alpha value is -0.570. The monoisotopic (exact) mass is 114 g/mol. The molecule has 0 heterocycles. The fourth-order valence-electron chi connectivity index (χ4n) is 0.524. The third-order valence-corrected chi connectivity index (χ3v) is 1.33. The average molecular weight is 114 g/mol. The van der Waals surface area contributed by atoms with Gasteiger partial charge in [-0.15, -0.1) is 0 Å². The maximum Gasteiger partial charge on any atom is 0.327 e. The van der Waals surface area contributed by atoms with Crippen LogP contribution in [0.5, 0.6) is 0 Å². The van der Waals surface area contributed by atoms with Crippen molar-refractivity contribution in [2.75, 3.05) is 7.11 Å². The van der Waals surface area contributed by atoms with Crippen LogP contribution in [0.25, 0.3) is 0 Å². The Labute approximate surface area is 47.8 Å². The zero-order chi connectivity index (χ0) is 6.20. The SMILES string of the molecule is COC(=O)C1([NH])CC1. The van der Waals surface area contributed by atoms with Crippen molar-refractivity contribution in [2.24, 2.45) is 0 Å². The van der Waals surface area contributed by atoms with E-state index in [0.717, 1.165) is 0 Å². The van der Waals surface area contributed by atoms with Gasteiger partial charge in [-0.25, -0.2) is 5.73 Å². The van der Waals surface area contributed by atoms with Crippen LogP contribution in [0.15, 0.2) is 0 Å². The van der Waals surface area contributed by atoms with Crippen molar-refractivity contribution in [3.05, 3.63) is 0 Å². The number of hydrogen-bond acceptors (Lipinski definition) is 2. The molecule has 1 fully saturated rings. The third-order valence-electron chi connectivity index (χ3n) is 1.33. The minimum absolute atomic E-state index is 0.391. The highest BCUT2D eigenvalue weighted by atomic mass is 16.5. The first-order valence-electron chi connectivity index (χ1n) is 2.52. The molecule has 0 amide bonds. The van der Waals surface area contributed by atoms with Crippen molar-refractivity contribution in [3.63, 3.8) is 0 Å². The van der Waals surface area contributed by atoms with Gasteiger partial charge in [0.15, 0.2) is 0 Å². The molecule has 3 heteroatoms. The Morgan fingerprint density at radius 1 is 1.75 bits per heavy atom. The quantitative estimate of drug-likeness (QED) is 0.449. The van der Waals surface area contributed by atoms with E-state index in [4.69, 9.17) is 5.73 Å². The summed E-state index contributed by atoms with van der Waals surface area (Å²) in [4.78, 5) is 10.5. The van der Waals surface area contributed by atoms with E-state index in [0.29, 0.717) is 12.8 Å². The molecule has 0 aromatic rings. The van der Waals surface area contributed by atoms with Gasteiger partial charge in [0.1, 0.15) is 5.54 Å². The number of carbonyl (C=O) groups excluding carboxylic acids is 1. The first-order chi connectivity index (χ1) is 3.69. The van der Waals surface area contributed by atoms with Crippen LogP contribution in [0.3, 0.4) is 0 Å². The Morgan fingerprint density at radius 2 is 2.25 bits per heavy atom. The van der Waals surface area contributed by atoms with E-state index in [1.807, 2.05) is 0 Å². The summed E-state index contributed by atoms with van der Waals surface area (Å²) in [6.45, 7) is 0. The predicted octanol–water partition coefficient (Wildman–Crippen LogP) is -0.0251. The summed E-state index contributed by atoms with van der Waals surface area (Å²) in [5.41, 5.74) is 6.32. The number of rotatable bonds is 1. The van der Waals surface area contributed by atoms with Gasteiger partial charge in [-0.3, -0.25) is 4.79 Å². The molecular weight excluding hydrogens is 106 g/mol. The summed E-state index contributed by atoms with van der Waals surface area (Å²) in [6.07, 6.45) is 1.33. The van der Waals surface area contributed by atoms with Crippen molar-refractivity contribution in [1.29, 1.82) is 0 Å². The smallest absolute Gasteiger partial charge is 0.327 e. The van der Waals surface area contributed by atoms with Crippen LogP contribution >= 0.6 is 0 Å². The van der Waals surface area contributed by atoms with Gasteiger partial charge < -0.3 is 4.74 Å². The molecule has 0 unspecified atom stereocenters. The lowest BCUT2D eigenvalue weighted by atomic mass is 10.3. The van der Waals surface area contributed by atoms with E-state index < -0.39 is 11.5 Å². The van der Waals surface area contributed by atoms with E-state index in [9.17, 15) is 4.79 Å². The van der Waals surface area contributed by atoms with Gasteiger partial charge in [-0.1, -0.05) is 0 Å². The molecule has 0 aromatic heterocycles. The maximum absolute atomic E-state index is 10.5. The van der Waals surface area contributed by atoms with Crippen LogP contribution in [0.2, 0.25) is 0 Å². The lowest BCUT2D eigenvalue weighted by molar-refractivity contribution is -0.143. The minimum Gasteiger partial charge on any atom is -0.468 e. The molecule has 3 nitrogen and oxygen atoms in total. The normalized spacial score (nSPS) is 22.2. The van der Waals surface area contributed by atoms with Gasteiger partial charge in [0, 0.05) is 0 Å². The lowest BCUT2D eigenvalue weighted by Crippen LogP contribution is -2.24. The molecule has 1 aliphatic rings. The molecule has 1 aliphatic carbocycles. The molecule has 1 saturated carbocycles. The molecule has 0 spiro atoms. The van der Waals surface area contributed by atoms with Gasteiger partial charge in [0.25, 0.3) is 0 Å². The van der Waals surface area contributed by atoms with Crippen LogP contribution in [-0.2, 0) is 9.53 Å². The van der Waals surface area contributed by atoms with Gasteiger partial charge in [0.05, 0.1) is 7.11 Å². The van der Waals surface area contributed by atoms with Crippen LogP contribution in [0, 0.1) is 0 Å². The Balaban J connectivity index is 2.46. The molecular formula is C5H8NO2. The summed E-state index contributed by atoms with van der Waals surface area (Å²) in [5.74, 6) is -0.391. The molecule has 8 heavy (non-hydrogen) atoms. The number of hydrogen-bond donors (Lipinski definition) is 0. The van der Waals surface area contributed by atoms with Gasteiger partial charge in [0.2, 0.25) is 0 Å². The number of esters is 1. The van der Waals surface area contributed by atoms with Crippen molar-refractivity contribution in [3.8, 4) is 0 Å². The van der Waals surface area contributed by atoms with Crippen LogP contribution < -0.4 is 5.73 Å². The molecule has 45 valence electrons. The van der Waals surface area contributed by atoms with Crippen molar-refractivity contribution < 1.29 is 9.53 Å². The summed E-state index contributed by atoms with van der Waals surface area (Å²) in [5, 5.41) is 0. The molecule has 1 radical (unpaired) electrons. The Bertz CT molecular complexity index is 118. The number of nitrogens with one attached hydrogen (secondary N) is 1. The zero-order valence-electron chi connectivity index (χ0n) is 4.73. The highest BCUT2D eigenvalue weighted by Crippen LogP contribution is 2.34. The minimum atomic E-state index is -0.852. The highest BCUT2D eigenvalue weighted by Gasteiger charge is 2.48. The van der Waals surface area contributed by atoms with E-state index in [1.165, 1.54) is 7.11 Å². The summed E-state index contributed by atoms with van der Waals surface area (Å²) in [7, 11) is 1.32. The highest BCUT2D eigenvalue weighted by molar-refractivity contribution is 5.83. The van der Waals surface area contributed by atoms with Crippen LogP contribution in [-0.4, -0.2) is 18.6 Å². The second-order valence-electron chi connectivity index (χ2n) is 2.07. The molecule has 1 rings (SSSR count). The molecule has 0 atom stereocenters. The van der Waals surface area contributed by atoms with E-state index in [2.05, 4.69) is 4.74 Å². The number of methoxy groups -OCH3 is 1. The fraction of sp³-hybridized carbons (Fsp3) is 0.800. The average Bonchev–Trinajstić information content (AvgIpc) is 2.47. The van der Waals surface area contributed by atoms with Gasteiger partial charge in [-0.2, -0.15) is 0 Å². The van der Waals surface area contributed by atoms with E-state index in [1.54, 1.807) is 0 Å². The van der Waals surface area contributed by atoms with Crippen molar-refractivity contribution in [1.82, 2.24) is 5.73 Å². The van der Waals surface area contributed by atoms with Crippen LogP contribution in [0.1, 0.15) is 12.8 Å². The first-order valence-corrected chi connectivity index (χ1v) is 2.52. The summed E-state index contributed by atoms with van der Waals surface area (Å²) < 4.78 is 4.35. The van der Waals surface area contributed by atoms with Crippen molar-refractivity contribution >= 4 is 5.97 Å². The molecule has 0 saturated heterocycles. The van der Waals surface area contributed by atoms with Gasteiger partial charge in [-0.05, 0) is 12.8 Å². The maximum atomic E-state index is 10.5. The molecule has 0 aromatic carbocycles. The molecule has 0 aliphatic heterocycles. The lowest BCUT2D eigenvalue weighted by Gasteiger charge is -2.01. The van der Waals surface area contributed by atoms with Gasteiger partial charge >= 0.3 is 5.97 Å². The number of ether oxygens (including phenoxy) is 1. The first kappa shape index (κ1) is 5.56. The number of carbonyl (C=O) groups is 1. The second-order valence-corrected chi connectivity index (χ2v) is 2.07. The Kier molecular flexibility index (Phi) is 1.01. The molecule has 1 N–H and O–H groups in total. The zero-order valence-corrected chi connectivity index (χ0v) is 4.73. The van der Waals surface area contributed by atoms with Crippen LogP contribution in [0.4, 0.5) is 0 Å². The summed E-state index contributed by atoms with van der Waals surface area (Å²) in [6, 6.07) is 0.